The number of hydrogen-bond acceptors (Lipinski definition) is 4. The van der Waals surface area contributed by atoms with Gasteiger partial charge in [0.25, 0.3) is 5.91 Å². The van der Waals surface area contributed by atoms with Crippen LogP contribution in [0.1, 0.15) is 29.8 Å². The van der Waals surface area contributed by atoms with E-state index < -0.39 is 28.7 Å². The molecule has 0 aliphatic carbocycles. The van der Waals surface area contributed by atoms with Crippen LogP contribution in [-0.2, 0) is 16.6 Å². The molecular weight excluding hydrogens is 445 g/mol. The second-order valence-corrected chi connectivity index (χ2v) is 8.77. The van der Waals surface area contributed by atoms with Gasteiger partial charge in [0.15, 0.2) is 6.61 Å². The van der Waals surface area contributed by atoms with Gasteiger partial charge >= 0.3 is 6.18 Å². The van der Waals surface area contributed by atoms with E-state index in [0.717, 1.165) is 0 Å². The molecule has 30 heavy (non-hydrogen) atoms. The van der Waals surface area contributed by atoms with E-state index in [0.29, 0.717) is 5.56 Å². The molecule has 0 aromatic heterocycles. The second kappa shape index (κ2) is 9.67. The Morgan fingerprint density at radius 1 is 1.13 bits per heavy atom. The number of benzene rings is 2. The van der Waals surface area contributed by atoms with Gasteiger partial charge in [0.1, 0.15) is 5.75 Å². The summed E-state index contributed by atoms with van der Waals surface area (Å²) in [6, 6.07) is 9.17. The molecule has 0 saturated carbocycles. The van der Waals surface area contributed by atoms with Crippen molar-refractivity contribution in [1.29, 1.82) is 0 Å². The van der Waals surface area contributed by atoms with Crippen LogP contribution in [0.5, 0.6) is 5.75 Å². The van der Waals surface area contributed by atoms with Crippen molar-refractivity contribution in [2.45, 2.75) is 37.5 Å². The van der Waals surface area contributed by atoms with E-state index in [4.69, 9.17) is 11.6 Å². The van der Waals surface area contributed by atoms with Crippen molar-refractivity contribution in [1.82, 2.24) is 10.0 Å². The lowest BCUT2D eigenvalue weighted by molar-refractivity contribution is -0.153. The Balaban J connectivity index is 2.05. The van der Waals surface area contributed by atoms with E-state index in [1.54, 1.807) is 13.8 Å². The molecule has 2 N–H and O–H groups in total. The van der Waals surface area contributed by atoms with Gasteiger partial charge in [-0.05, 0) is 49.7 Å². The fourth-order valence-electron chi connectivity index (χ4n) is 2.37. The summed E-state index contributed by atoms with van der Waals surface area (Å²) in [4.78, 5) is 12.4. The van der Waals surface area contributed by atoms with E-state index >= 15 is 0 Å². The maximum absolute atomic E-state index is 12.5. The van der Waals surface area contributed by atoms with E-state index in [1.165, 1.54) is 42.5 Å². The van der Waals surface area contributed by atoms with Crippen LogP contribution >= 0.6 is 11.6 Å². The molecular formula is C19H20ClF3N2O4S. The number of alkyl halides is 3. The lowest BCUT2D eigenvalue weighted by atomic mass is 10.2. The molecule has 0 atom stereocenters. The first-order valence-electron chi connectivity index (χ1n) is 8.76. The van der Waals surface area contributed by atoms with Gasteiger partial charge in [-0.25, -0.2) is 13.1 Å². The first-order chi connectivity index (χ1) is 13.9. The van der Waals surface area contributed by atoms with Gasteiger partial charge in [-0.2, -0.15) is 13.2 Å². The molecule has 0 saturated heterocycles. The Bertz CT molecular complexity index is 994. The first-order valence-corrected chi connectivity index (χ1v) is 10.6. The summed E-state index contributed by atoms with van der Waals surface area (Å²) >= 11 is 6.04. The van der Waals surface area contributed by atoms with Crippen molar-refractivity contribution < 1.29 is 31.1 Å². The quantitative estimate of drug-likeness (QED) is 0.620. The van der Waals surface area contributed by atoms with Gasteiger partial charge in [0, 0.05) is 12.6 Å². The minimum atomic E-state index is -4.43. The van der Waals surface area contributed by atoms with E-state index in [9.17, 15) is 26.4 Å². The Kier molecular flexibility index (Phi) is 7.73. The van der Waals surface area contributed by atoms with Gasteiger partial charge in [0.05, 0.1) is 15.5 Å². The minimum absolute atomic E-state index is 0.0200. The molecule has 2 aromatic rings. The molecule has 0 aliphatic heterocycles. The lowest BCUT2D eigenvalue weighted by Crippen LogP contribution is -2.30. The number of amides is 1. The van der Waals surface area contributed by atoms with Crippen LogP contribution in [-0.4, -0.2) is 33.1 Å². The molecule has 164 valence electrons. The van der Waals surface area contributed by atoms with Crippen molar-refractivity contribution in [2.24, 2.45) is 0 Å². The number of halogens is 4. The van der Waals surface area contributed by atoms with E-state index in [1.807, 2.05) is 0 Å². The topological polar surface area (TPSA) is 84.5 Å². The Labute approximate surface area is 177 Å². The largest absolute Gasteiger partial charge is 0.484 e. The van der Waals surface area contributed by atoms with Crippen LogP contribution < -0.4 is 14.8 Å². The molecule has 0 bridgehead atoms. The van der Waals surface area contributed by atoms with Gasteiger partial charge < -0.3 is 10.1 Å². The lowest BCUT2D eigenvalue weighted by Gasteiger charge is -2.12. The average Bonchev–Trinajstić information content (AvgIpc) is 2.64. The third-order valence-electron chi connectivity index (χ3n) is 3.66. The highest BCUT2D eigenvalue weighted by Crippen LogP contribution is 2.22. The summed E-state index contributed by atoms with van der Waals surface area (Å²) < 4.78 is 68.1. The Morgan fingerprint density at radius 2 is 1.77 bits per heavy atom. The van der Waals surface area contributed by atoms with Crippen LogP contribution in [0.25, 0.3) is 0 Å². The standard InChI is InChI=1S/C19H20ClF3N2O4S/c1-12(2)25-30(27,28)15-7-8-17(20)16(9-15)18(26)24-10-13-3-5-14(6-4-13)29-11-19(21,22)23/h3-9,12,25H,10-11H2,1-2H3,(H,24,26). The van der Waals surface area contributed by atoms with Gasteiger partial charge in [0.2, 0.25) is 10.0 Å². The highest BCUT2D eigenvalue weighted by molar-refractivity contribution is 7.89. The number of carbonyl (C=O) groups excluding carboxylic acids is 1. The number of rotatable bonds is 8. The van der Waals surface area contributed by atoms with Crippen molar-refractivity contribution in [2.75, 3.05) is 6.61 Å². The zero-order chi connectivity index (χ0) is 22.5. The maximum Gasteiger partial charge on any atom is 0.422 e. The zero-order valence-electron chi connectivity index (χ0n) is 16.1. The number of sulfonamides is 1. The van der Waals surface area contributed by atoms with Crippen molar-refractivity contribution in [3.8, 4) is 5.75 Å². The summed E-state index contributed by atoms with van der Waals surface area (Å²) in [5.74, 6) is -0.556. The van der Waals surface area contributed by atoms with Crippen LogP contribution in [0.15, 0.2) is 47.4 Å². The normalized spacial score (nSPS) is 12.1. The summed E-state index contributed by atoms with van der Waals surface area (Å²) in [5, 5.41) is 2.67. The molecule has 2 rings (SSSR count). The first kappa shape index (κ1) is 24.0. The van der Waals surface area contributed by atoms with Crippen molar-refractivity contribution in [3.05, 3.63) is 58.6 Å². The summed E-state index contributed by atoms with van der Waals surface area (Å²) in [5.41, 5.74) is 0.581. The molecule has 0 radical (unpaired) electrons. The van der Waals surface area contributed by atoms with Gasteiger partial charge in [-0.1, -0.05) is 23.7 Å². The molecule has 0 spiro atoms. The van der Waals surface area contributed by atoms with Crippen LogP contribution in [0, 0.1) is 0 Å². The monoisotopic (exact) mass is 464 g/mol. The smallest absolute Gasteiger partial charge is 0.422 e. The van der Waals surface area contributed by atoms with Crippen LogP contribution in [0.4, 0.5) is 13.2 Å². The molecule has 0 aliphatic rings. The highest BCUT2D eigenvalue weighted by Gasteiger charge is 2.28. The third kappa shape index (κ3) is 7.19. The number of carbonyl (C=O) groups is 1. The maximum atomic E-state index is 12.5. The molecule has 0 fully saturated rings. The summed E-state index contributed by atoms with van der Waals surface area (Å²) in [6.45, 7) is 1.99. The van der Waals surface area contributed by atoms with Crippen molar-refractivity contribution in [3.63, 3.8) is 0 Å². The summed E-state index contributed by atoms with van der Waals surface area (Å²) in [7, 11) is -3.80. The molecule has 2 aromatic carbocycles. The van der Waals surface area contributed by atoms with E-state index in [2.05, 4.69) is 14.8 Å². The molecule has 6 nitrogen and oxygen atoms in total. The third-order valence-corrected chi connectivity index (χ3v) is 5.65. The number of ether oxygens (including phenoxy) is 1. The van der Waals surface area contributed by atoms with E-state index in [-0.39, 0.29) is 33.8 Å². The van der Waals surface area contributed by atoms with Gasteiger partial charge in [-0.15, -0.1) is 0 Å². The average molecular weight is 465 g/mol. The molecule has 0 heterocycles. The predicted molar refractivity (Wildman–Crippen MR) is 106 cm³/mol. The Morgan fingerprint density at radius 3 is 2.33 bits per heavy atom. The molecule has 0 unspecified atom stereocenters. The van der Waals surface area contributed by atoms with Crippen LogP contribution in [0.3, 0.4) is 0 Å². The van der Waals surface area contributed by atoms with Crippen LogP contribution in [0.2, 0.25) is 5.02 Å². The van der Waals surface area contributed by atoms with Crippen molar-refractivity contribution >= 4 is 27.5 Å². The van der Waals surface area contributed by atoms with Gasteiger partial charge in [-0.3, -0.25) is 4.79 Å². The minimum Gasteiger partial charge on any atom is -0.484 e. The number of hydrogen-bond donors (Lipinski definition) is 2. The summed E-state index contributed by atoms with van der Waals surface area (Å²) in [6.07, 6.45) is -4.43. The predicted octanol–water partition coefficient (Wildman–Crippen LogP) is 3.90. The highest BCUT2D eigenvalue weighted by atomic mass is 35.5. The fraction of sp³-hybridized carbons (Fsp3) is 0.316. The fourth-order valence-corrected chi connectivity index (χ4v) is 3.85. The molecule has 11 heteroatoms. The zero-order valence-corrected chi connectivity index (χ0v) is 17.7. The number of nitrogens with one attached hydrogen (secondary N) is 2. The SMILES string of the molecule is CC(C)NS(=O)(=O)c1ccc(Cl)c(C(=O)NCc2ccc(OCC(F)(F)F)cc2)c1. The molecule has 1 amide bonds. The second-order valence-electron chi connectivity index (χ2n) is 6.65. The Hall–Kier alpha value is -2.30.